The van der Waals surface area contributed by atoms with Gasteiger partial charge in [-0.15, -0.1) is 0 Å². The molecule has 2 amide bonds. The molecule has 1 atom stereocenters. The fraction of sp³-hybridized carbons (Fsp3) is 0.387. The molecule has 0 spiro atoms. The van der Waals surface area contributed by atoms with Crippen molar-refractivity contribution in [3.63, 3.8) is 0 Å². The molecule has 1 heterocycles. The summed E-state index contributed by atoms with van der Waals surface area (Å²) in [6.45, 7) is 0.0973. The van der Waals surface area contributed by atoms with Crippen LogP contribution in [0.4, 0.5) is 30.8 Å². The highest BCUT2D eigenvalue weighted by Crippen LogP contribution is 2.48. The number of nitrogens with one attached hydrogen (secondary N) is 3. The quantitative estimate of drug-likeness (QED) is 0.0881. The number of rotatable bonds is 17. The second kappa shape index (κ2) is 15.7. The van der Waals surface area contributed by atoms with Crippen LogP contribution in [0.15, 0.2) is 48.5 Å². The molecule has 0 radical (unpaired) electrons. The van der Waals surface area contributed by atoms with Crippen molar-refractivity contribution in [2.24, 2.45) is 5.73 Å². The molecule has 1 fully saturated rings. The number of anilines is 3. The third-order valence-corrected chi connectivity index (χ3v) is 7.43. The number of unbranched alkanes of at least 4 members (excludes halogenated alkanes) is 1. The first kappa shape index (κ1) is 35.9. The van der Waals surface area contributed by atoms with E-state index in [1.807, 2.05) is 12.1 Å². The number of primary amides is 1. The molecule has 256 valence electrons. The molecule has 5 N–H and O–H groups in total. The van der Waals surface area contributed by atoms with Gasteiger partial charge in [-0.3, -0.25) is 14.4 Å². The van der Waals surface area contributed by atoms with Gasteiger partial charge in [0.2, 0.25) is 17.7 Å². The molecule has 1 aliphatic carbocycles. The summed E-state index contributed by atoms with van der Waals surface area (Å²) in [6, 6.07) is 11.5. The Hall–Kier alpha value is -4.99. The van der Waals surface area contributed by atoms with E-state index < -0.39 is 53.9 Å². The number of ether oxygens (including phenoxy) is 2. The molecule has 0 aliphatic heterocycles. The summed E-state index contributed by atoms with van der Waals surface area (Å²) in [7, 11) is 0. The molecule has 13 nitrogen and oxygen atoms in total. The van der Waals surface area contributed by atoms with Crippen LogP contribution in [0.3, 0.4) is 0 Å². The lowest BCUT2D eigenvalue weighted by atomic mass is 10.1. The minimum Gasteiger partial charge on any atom is -0.464 e. The molecule has 1 aliphatic rings. The lowest BCUT2D eigenvalue weighted by Gasteiger charge is -2.19. The standard InChI is InChI=1S/C31H33ClF3N7O6/c1-2-47-26(46)22(5-3-4-6-23(43)24(36)44)38-25(45)18-7-13-21(14-8-18)37-27-39-28(41-29(40-27)48-17-31(33,34)35)42-30(15-16-30)19-9-11-20(32)12-10-19/h7-14,22H,2-6,15-17H2,1H3,(H2,36,44)(H,38,45)(H2,37,39,40,41,42)/t22-/m0/s1. The zero-order valence-corrected chi connectivity index (χ0v) is 26.5. The lowest BCUT2D eigenvalue weighted by molar-refractivity contribution is -0.154. The Bertz CT molecular complexity index is 1620. The highest BCUT2D eigenvalue weighted by molar-refractivity contribution is 6.35. The number of nitrogens with zero attached hydrogens (tertiary/aromatic N) is 3. The van der Waals surface area contributed by atoms with E-state index in [0.29, 0.717) is 17.1 Å². The largest absolute Gasteiger partial charge is 0.464 e. The van der Waals surface area contributed by atoms with Crippen molar-refractivity contribution in [2.75, 3.05) is 23.8 Å². The molecule has 1 aromatic heterocycles. The van der Waals surface area contributed by atoms with Gasteiger partial charge in [0.1, 0.15) is 6.04 Å². The number of ketones is 1. The molecule has 0 saturated heterocycles. The van der Waals surface area contributed by atoms with Gasteiger partial charge in [0.05, 0.1) is 12.1 Å². The zero-order chi connectivity index (χ0) is 34.9. The number of nitrogens with two attached hydrogens (primary N) is 1. The second-order valence-electron chi connectivity index (χ2n) is 10.9. The van der Waals surface area contributed by atoms with Gasteiger partial charge in [-0.1, -0.05) is 30.2 Å². The fourth-order valence-corrected chi connectivity index (χ4v) is 4.72. The number of carbonyl (C=O) groups is 4. The summed E-state index contributed by atoms with van der Waals surface area (Å²) in [4.78, 5) is 60.1. The molecule has 2 aromatic carbocycles. The van der Waals surface area contributed by atoms with Gasteiger partial charge in [-0.05, 0) is 74.6 Å². The number of Topliss-reactive ketones (excluding diaryl/α,β-unsaturated/α-hetero) is 1. The minimum atomic E-state index is -4.62. The van der Waals surface area contributed by atoms with Crippen molar-refractivity contribution >= 4 is 52.8 Å². The van der Waals surface area contributed by atoms with Crippen LogP contribution >= 0.6 is 11.6 Å². The molecule has 48 heavy (non-hydrogen) atoms. The van der Waals surface area contributed by atoms with E-state index in [1.54, 1.807) is 19.1 Å². The Labute approximate surface area is 278 Å². The number of carbonyl (C=O) groups excluding carboxylic acids is 4. The molecule has 1 saturated carbocycles. The highest BCUT2D eigenvalue weighted by Gasteiger charge is 2.45. The number of esters is 1. The van der Waals surface area contributed by atoms with Gasteiger partial charge in [0.25, 0.3) is 11.8 Å². The molecule has 17 heteroatoms. The second-order valence-corrected chi connectivity index (χ2v) is 11.3. The van der Waals surface area contributed by atoms with Crippen LogP contribution in [0.5, 0.6) is 6.01 Å². The van der Waals surface area contributed by atoms with E-state index in [4.69, 9.17) is 26.8 Å². The molecule has 4 rings (SSSR count). The molecular weight excluding hydrogens is 659 g/mol. The van der Waals surface area contributed by atoms with Crippen LogP contribution in [0.2, 0.25) is 5.02 Å². The first-order valence-electron chi connectivity index (χ1n) is 14.9. The van der Waals surface area contributed by atoms with Gasteiger partial charge < -0.3 is 31.2 Å². The maximum atomic E-state index is 13.0. The summed E-state index contributed by atoms with van der Waals surface area (Å²) >= 11 is 6.01. The number of benzene rings is 2. The van der Waals surface area contributed by atoms with E-state index >= 15 is 0 Å². The Morgan fingerprint density at radius 2 is 1.65 bits per heavy atom. The van der Waals surface area contributed by atoms with Crippen LogP contribution in [0, 0.1) is 0 Å². The van der Waals surface area contributed by atoms with Gasteiger partial charge in [-0.25, -0.2) is 4.79 Å². The number of hydrogen-bond donors (Lipinski definition) is 4. The van der Waals surface area contributed by atoms with Crippen molar-refractivity contribution in [3.05, 3.63) is 64.7 Å². The SMILES string of the molecule is CCOC(=O)[C@H](CCCCC(=O)C(N)=O)NC(=O)c1ccc(Nc2nc(NC3(c4ccc(Cl)cc4)CC3)nc(OCC(F)(F)F)n2)cc1. The predicted molar refractivity (Wildman–Crippen MR) is 168 cm³/mol. The predicted octanol–water partition coefficient (Wildman–Crippen LogP) is 4.59. The van der Waals surface area contributed by atoms with E-state index in [2.05, 4.69) is 30.9 Å². The summed E-state index contributed by atoms with van der Waals surface area (Å²) in [5, 5.41) is 9.23. The van der Waals surface area contributed by atoms with Crippen LogP contribution in [0.1, 0.15) is 61.4 Å². The topological polar surface area (TPSA) is 188 Å². The van der Waals surface area contributed by atoms with Gasteiger partial charge in [0, 0.05) is 22.7 Å². The monoisotopic (exact) mass is 691 g/mol. The number of halogens is 4. The summed E-state index contributed by atoms with van der Waals surface area (Å²) in [5.74, 6) is -3.13. The average molecular weight is 692 g/mol. The number of alkyl halides is 3. The van der Waals surface area contributed by atoms with Crippen LogP contribution in [-0.2, 0) is 24.7 Å². The maximum Gasteiger partial charge on any atom is 0.422 e. The Morgan fingerprint density at radius 1 is 0.979 bits per heavy atom. The van der Waals surface area contributed by atoms with E-state index in [-0.39, 0.29) is 43.3 Å². The van der Waals surface area contributed by atoms with E-state index in [1.165, 1.54) is 24.3 Å². The Kier molecular flexibility index (Phi) is 11.8. The van der Waals surface area contributed by atoms with E-state index in [0.717, 1.165) is 18.4 Å². The van der Waals surface area contributed by atoms with Crippen LogP contribution in [0.25, 0.3) is 0 Å². The normalized spacial score (nSPS) is 13.9. The zero-order valence-electron chi connectivity index (χ0n) is 25.7. The average Bonchev–Trinajstić information content (AvgIpc) is 3.81. The summed E-state index contributed by atoms with van der Waals surface area (Å²) in [6.07, 6.45) is -2.48. The first-order valence-corrected chi connectivity index (χ1v) is 15.3. The van der Waals surface area contributed by atoms with E-state index in [9.17, 15) is 32.3 Å². The van der Waals surface area contributed by atoms with Crippen molar-refractivity contribution in [2.45, 2.75) is 63.2 Å². The fourth-order valence-electron chi connectivity index (χ4n) is 4.60. The lowest BCUT2D eigenvalue weighted by Crippen LogP contribution is -2.41. The Morgan fingerprint density at radius 3 is 2.25 bits per heavy atom. The highest BCUT2D eigenvalue weighted by atomic mass is 35.5. The van der Waals surface area contributed by atoms with Crippen molar-refractivity contribution in [3.8, 4) is 6.01 Å². The molecular formula is C31H33ClF3N7O6. The van der Waals surface area contributed by atoms with Crippen molar-refractivity contribution in [1.82, 2.24) is 20.3 Å². The third-order valence-electron chi connectivity index (χ3n) is 7.18. The molecule has 0 bridgehead atoms. The van der Waals surface area contributed by atoms with Gasteiger partial charge in [0.15, 0.2) is 6.61 Å². The van der Waals surface area contributed by atoms with Crippen molar-refractivity contribution < 1.29 is 41.8 Å². The first-order chi connectivity index (χ1) is 22.8. The van der Waals surface area contributed by atoms with Gasteiger partial charge in [-0.2, -0.15) is 28.1 Å². The summed E-state index contributed by atoms with van der Waals surface area (Å²) < 4.78 is 48.6. The number of aromatic nitrogens is 3. The number of hydrogen-bond acceptors (Lipinski definition) is 11. The number of amides is 2. The maximum absolute atomic E-state index is 13.0. The third kappa shape index (κ3) is 10.5. The summed E-state index contributed by atoms with van der Waals surface area (Å²) in [5.41, 5.74) is 5.88. The minimum absolute atomic E-state index is 0.0166. The van der Waals surface area contributed by atoms with Crippen LogP contribution in [-0.4, -0.2) is 64.0 Å². The Balaban J connectivity index is 1.45. The smallest absolute Gasteiger partial charge is 0.422 e. The van der Waals surface area contributed by atoms with Crippen molar-refractivity contribution in [1.29, 1.82) is 0 Å². The van der Waals surface area contributed by atoms with Crippen LogP contribution < -0.4 is 26.4 Å². The molecule has 0 unspecified atom stereocenters. The van der Waals surface area contributed by atoms with Gasteiger partial charge >= 0.3 is 18.2 Å². The molecule has 3 aromatic rings.